The van der Waals surface area contributed by atoms with Crippen molar-refractivity contribution in [2.24, 2.45) is 0 Å². The lowest BCUT2D eigenvalue weighted by molar-refractivity contribution is -0.113. The second-order valence-electron chi connectivity index (χ2n) is 8.99. The molecule has 0 fully saturated rings. The molecule has 1 heterocycles. The van der Waals surface area contributed by atoms with Crippen molar-refractivity contribution in [1.29, 1.82) is 0 Å². The Hall–Kier alpha value is -3.29. The van der Waals surface area contributed by atoms with Gasteiger partial charge in [0.25, 0.3) is 0 Å². The fourth-order valence-corrected chi connectivity index (χ4v) is 4.56. The maximum absolute atomic E-state index is 12.6. The van der Waals surface area contributed by atoms with Crippen LogP contribution in [-0.4, -0.2) is 33.5 Å². The van der Waals surface area contributed by atoms with E-state index in [0.717, 1.165) is 17.1 Å². The third kappa shape index (κ3) is 5.86. The Morgan fingerprint density at radius 1 is 1.03 bits per heavy atom. The lowest BCUT2D eigenvalue weighted by atomic mass is 9.87. The van der Waals surface area contributed by atoms with Crippen LogP contribution in [-0.2, 0) is 10.2 Å². The number of thioether (sulfide) groups is 1. The number of halogens is 1. The van der Waals surface area contributed by atoms with Crippen LogP contribution in [0.25, 0.3) is 17.1 Å². The zero-order valence-electron chi connectivity index (χ0n) is 20.1. The highest BCUT2D eigenvalue weighted by Gasteiger charge is 2.19. The van der Waals surface area contributed by atoms with Crippen LogP contribution < -0.4 is 10.1 Å². The third-order valence-corrected chi connectivity index (χ3v) is 6.65. The molecular weight excluding hydrogens is 480 g/mol. The topological polar surface area (TPSA) is 69.0 Å². The van der Waals surface area contributed by atoms with E-state index in [2.05, 4.69) is 60.6 Å². The van der Waals surface area contributed by atoms with Gasteiger partial charge in [0, 0.05) is 16.9 Å². The quantitative estimate of drug-likeness (QED) is 0.285. The molecule has 4 aromatic rings. The molecule has 0 aliphatic carbocycles. The molecule has 0 aliphatic heterocycles. The first-order valence-electron chi connectivity index (χ1n) is 11.1. The van der Waals surface area contributed by atoms with Gasteiger partial charge in [-0.25, -0.2) is 0 Å². The van der Waals surface area contributed by atoms with E-state index < -0.39 is 0 Å². The lowest BCUT2D eigenvalue weighted by Gasteiger charge is -2.19. The fraction of sp³-hybridized carbons (Fsp3) is 0.222. The van der Waals surface area contributed by atoms with E-state index >= 15 is 0 Å². The van der Waals surface area contributed by atoms with Crippen molar-refractivity contribution in [2.75, 3.05) is 18.2 Å². The third-order valence-electron chi connectivity index (χ3n) is 5.42. The summed E-state index contributed by atoms with van der Waals surface area (Å²) in [6.45, 7) is 6.57. The van der Waals surface area contributed by atoms with Crippen molar-refractivity contribution in [3.63, 3.8) is 0 Å². The van der Waals surface area contributed by atoms with Crippen LogP contribution in [0, 0.1) is 0 Å². The fourth-order valence-electron chi connectivity index (χ4n) is 3.55. The van der Waals surface area contributed by atoms with E-state index in [1.54, 1.807) is 25.3 Å². The summed E-state index contributed by atoms with van der Waals surface area (Å²) in [6.07, 6.45) is 0. The summed E-state index contributed by atoms with van der Waals surface area (Å²) in [6, 6.07) is 23.4. The molecule has 0 bridgehead atoms. The molecule has 35 heavy (non-hydrogen) atoms. The van der Waals surface area contributed by atoms with Crippen molar-refractivity contribution in [1.82, 2.24) is 14.8 Å². The molecule has 0 radical (unpaired) electrons. The highest BCUT2D eigenvalue weighted by atomic mass is 35.5. The summed E-state index contributed by atoms with van der Waals surface area (Å²) >= 11 is 7.49. The molecule has 180 valence electrons. The summed E-state index contributed by atoms with van der Waals surface area (Å²) < 4.78 is 7.14. The first kappa shape index (κ1) is 24.8. The van der Waals surface area contributed by atoms with E-state index in [9.17, 15) is 4.79 Å². The summed E-state index contributed by atoms with van der Waals surface area (Å²) in [4.78, 5) is 12.6. The Kier molecular flexibility index (Phi) is 7.48. The monoisotopic (exact) mass is 506 g/mol. The van der Waals surface area contributed by atoms with E-state index in [1.165, 1.54) is 17.3 Å². The van der Waals surface area contributed by atoms with Crippen molar-refractivity contribution in [3.8, 4) is 22.8 Å². The molecule has 1 aromatic heterocycles. The van der Waals surface area contributed by atoms with Gasteiger partial charge in [-0.05, 0) is 41.3 Å². The van der Waals surface area contributed by atoms with Gasteiger partial charge in [0.05, 0.1) is 17.9 Å². The average Bonchev–Trinajstić information content (AvgIpc) is 3.27. The Labute approximate surface area is 214 Å². The number of hydrogen-bond donors (Lipinski definition) is 1. The number of carbonyl (C=O) groups is 1. The number of aromatic nitrogens is 3. The van der Waals surface area contributed by atoms with Gasteiger partial charge < -0.3 is 10.1 Å². The van der Waals surface area contributed by atoms with Gasteiger partial charge in [0.1, 0.15) is 5.75 Å². The lowest BCUT2D eigenvalue weighted by Crippen LogP contribution is -2.14. The van der Waals surface area contributed by atoms with E-state index in [4.69, 9.17) is 16.3 Å². The number of amides is 1. The highest BCUT2D eigenvalue weighted by Crippen LogP contribution is 2.31. The molecule has 0 spiro atoms. The molecule has 3 aromatic carbocycles. The summed E-state index contributed by atoms with van der Waals surface area (Å²) in [7, 11) is 1.55. The van der Waals surface area contributed by atoms with Gasteiger partial charge in [-0.1, -0.05) is 86.6 Å². The molecule has 0 aliphatic rings. The number of methoxy groups -OCH3 is 1. The zero-order valence-corrected chi connectivity index (χ0v) is 21.7. The summed E-state index contributed by atoms with van der Waals surface area (Å²) in [5.41, 5.74) is 3.80. The van der Waals surface area contributed by atoms with Crippen molar-refractivity contribution in [2.45, 2.75) is 31.3 Å². The maximum atomic E-state index is 12.6. The number of hydrogen-bond acceptors (Lipinski definition) is 5. The number of para-hydroxylation sites is 1. The van der Waals surface area contributed by atoms with Crippen LogP contribution in [0.4, 0.5) is 5.69 Å². The minimum atomic E-state index is -0.171. The normalized spacial score (nSPS) is 11.3. The Bertz CT molecular complexity index is 1320. The molecule has 1 amide bonds. The van der Waals surface area contributed by atoms with Crippen LogP contribution in [0.15, 0.2) is 78.0 Å². The number of benzene rings is 3. The minimum Gasteiger partial charge on any atom is -0.495 e. The largest absolute Gasteiger partial charge is 0.495 e. The van der Waals surface area contributed by atoms with E-state index in [0.29, 0.717) is 21.6 Å². The zero-order chi connectivity index (χ0) is 25.0. The molecule has 0 saturated carbocycles. The number of rotatable bonds is 7. The molecule has 6 nitrogen and oxygen atoms in total. The van der Waals surface area contributed by atoms with Gasteiger partial charge in [-0.3, -0.25) is 9.36 Å². The van der Waals surface area contributed by atoms with Crippen LogP contribution in [0.5, 0.6) is 5.75 Å². The smallest absolute Gasteiger partial charge is 0.234 e. The second-order valence-corrected chi connectivity index (χ2v) is 10.3. The second kappa shape index (κ2) is 10.5. The van der Waals surface area contributed by atoms with Crippen LogP contribution in [0.1, 0.15) is 26.3 Å². The number of anilines is 1. The minimum absolute atomic E-state index is 0.0636. The van der Waals surface area contributed by atoms with Gasteiger partial charge in [-0.2, -0.15) is 0 Å². The first-order chi connectivity index (χ1) is 16.8. The SMILES string of the molecule is COc1ccc(NC(=O)CSc2nnc(-c3ccc(C(C)(C)C)cc3)n2-c2ccccc2)cc1Cl. The molecule has 0 atom stereocenters. The van der Waals surface area contributed by atoms with Gasteiger partial charge in [0.15, 0.2) is 11.0 Å². The molecule has 8 heteroatoms. The van der Waals surface area contributed by atoms with Crippen LogP contribution >= 0.6 is 23.4 Å². The van der Waals surface area contributed by atoms with Crippen LogP contribution in [0.2, 0.25) is 5.02 Å². The van der Waals surface area contributed by atoms with Gasteiger partial charge >= 0.3 is 0 Å². The number of nitrogens with one attached hydrogen (secondary N) is 1. The van der Waals surface area contributed by atoms with Crippen molar-refractivity contribution in [3.05, 3.63) is 83.4 Å². The van der Waals surface area contributed by atoms with Crippen molar-refractivity contribution >= 4 is 35.0 Å². The molecule has 1 N–H and O–H groups in total. The standard InChI is InChI=1S/C27H27ClN4O2S/c1-27(2,3)19-12-10-18(11-13-19)25-30-31-26(32(25)21-8-6-5-7-9-21)35-17-24(33)29-20-14-15-23(34-4)22(28)16-20/h5-16H,17H2,1-4H3,(H,29,33). The highest BCUT2D eigenvalue weighted by molar-refractivity contribution is 7.99. The predicted octanol–water partition coefficient (Wildman–Crippen LogP) is 6.62. The first-order valence-corrected chi connectivity index (χ1v) is 12.5. The number of nitrogens with zero attached hydrogens (tertiary/aromatic N) is 3. The Balaban J connectivity index is 1.57. The Morgan fingerprint density at radius 2 is 1.74 bits per heavy atom. The van der Waals surface area contributed by atoms with Gasteiger partial charge in [0.2, 0.25) is 5.91 Å². The molecule has 0 saturated heterocycles. The van der Waals surface area contributed by atoms with Crippen LogP contribution in [0.3, 0.4) is 0 Å². The van der Waals surface area contributed by atoms with E-state index in [1.807, 2.05) is 34.9 Å². The van der Waals surface area contributed by atoms with E-state index in [-0.39, 0.29) is 17.1 Å². The van der Waals surface area contributed by atoms with Crippen molar-refractivity contribution < 1.29 is 9.53 Å². The molecular formula is C27H27ClN4O2S. The summed E-state index contributed by atoms with van der Waals surface area (Å²) in [5, 5.41) is 12.8. The average molecular weight is 507 g/mol. The maximum Gasteiger partial charge on any atom is 0.234 e. The molecule has 0 unspecified atom stereocenters. The number of carbonyl (C=O) groups excluding carboxylic acids is 1. The van der Waals surface area contributed by atoms with Gasteiger partial charge in [-0.15, -0.1) is 10.2 Å². The number of ether oxygens (including phenoxy) is 1. The molecule has 4 rings (SSSR count). The Morgan fingerprint density at radius 3 is 2.37 bits per heavy atom. The summed E-state index contributed by atoms with van der Waals surface area (Å²) in [5.74, 6) is 1.27. The predicted molar refractivity (Wildman–Crippen MR) is 143 cm³/mol.